The zero-order valence-electron chi connectivity index (χ0n) is 19.8. The summed E-state index contributed by atoms with van der Waals surface area (Å²) in [4.78, 5) is 9.19. The van der Waals surface area contributed by atoms with Crippen LogP contribution in [0, 0.1) is 11.8 Å². The molecule has 2 aromatic rings. The fourth-order valence-corrected chi connectivity index (χ4v) is 6.22. The molecule has 1 aliphatic heterocycles. The standard InChI is InChI=1S/C24H34F2N6O/c1-13(2)32-20(10-19(29-32)15-7-21(33-24(25)26)23(27)28-11-15)22-17-8-16(9-18(17)22)31-6-5-30(4)12-14(31)3/h7,10-11,13-14,16-18,22,24H,5-6,8-9,12H2,1-4H3,(H2,27,28). The van der Waals surface area contributed by atoms with Crippen molar-refractivity contribution in [2.75, 3.05) is 32.4 Å². The first-order valence-electron chi connectivity index (χ1n) is 12.0. The van der Waals surface area contributed by atoms with Crippen LogP contribution in [0.2, 0.25) is 0 Å². The molecule has 7 nitrogen and oxygen atoms in total. The van der Waals surface area contributed by atoms with Gasteiger partial charge in [0, 0.05) is 61.1 Å². The predicted molar refractivity (Wildman–Crippen MR) is 123 cm³/mol. The highest BCUT2D eigenvalue weighted by Crippen LogP contribution is 2.64. The largest absolute Gasteiger partial charge is 0.431 e. The average molecular weight is 461 g/mol. The summed E-state index contributed by atoms with van der Waals surface area (Å²) >= 11 is 0. The van der Waals surface area contributed by atoms with E-state index in [1.807, 2.05) is 0 Å². The highest BCUT2D eigenvalue weighted by Gasteiger charge is 2.59. The van der Waals surface area contributed by atoms with E-state index in [4.69, 9.17) is 10.8 Å². The smallest absolute Gasteiger partial charge is 0.387 e. The van der Waals surface area contributed by atoms with E-state index >= 15 is 0 Å². The summed E-state index contributed by atoms with van der Waals surface area (Å²) in [7, 11) is 2.21. The van der Waals surface area contributed by atoms with E-state index < -0.39 is 6.61 Å². The van der Waals surface area contributed by atoms with Gasteiger partial charge in [0.05, 0.1) is 5.69 Å². The Kier molecular flexibility index (Phi) is 5.81. The van der Waals surface area contributed by atoms with E-state index in [9.17, 15) is 8.78 Å². The second-order valence-corrected chi connectivity index (χ2v) is 10.3. The molecule has 2 aliphatic carbocycles. The predicted octanol–water partition coefficient (Wildman–Crippen LogP) is 3.84. The van der Waals surface area contributed by atoms with Crippen LogP contribution < -0.4 is 10.5 Å². The van der Waals surface area contributed by atoms with Crippen molar-refractivity contribution in [3.05, 3.63) is 24.0 Å². The van der Waals surface area contributed by atoms with Gasteiger partial charge in [0.25, 0.3) is 0 Å². The number of anilines is 1. The quantitative estimate of drug-likeness (QED) is 0.706. The van der Waals surface area contributed by atoms with Gasteiger partial charge in [-0.05, 0) is 64.6 Å². The Morgan fingerprint density at radius 2 is 1.88 bits per heavy atom. The van der Waals surface area contributed by atoms with E-state index in [0.29, 0.717) is 35.4 Å². The minimum Gasteiger partial charge on any atom is -0.431 e. The molecule has 9 heteroatoms. The molecule has 0 aromatic carbocycles. The summed E-state index contributed by atoms with van der Waals surface area (Å²) in [5, 5.41) is 4.82. The summed E-state index contributed by atoms with van der Waals surface area (Å²) in [5.74, 6) is 1.75. The number of hydrogen-bond acceptors (Lipinski definition) is 6. The number of nitrogens with two attached hydrogens (primary N) is 1. The van der Waals surface area contributed by atoms with Gasteiger partial charge in [-0.25, -0.2) is 4.98 Å². The molecule has 3 fully saturated rings. The van der Waals surface area contributed by atoms with Crippen LogP contribution in [-0.4, -0.2) is 69.9 Å². The third-order valence-electron chi connectivity index (χ3n) is 7.76. The van der Waals surface area contributed by atoms with Crippen molar-refractivity contribution in [3.8, 4) is 17.0 Å². The molecule has 3 unspecified atom stereocenters. The molecule has 2 saturated carbocycles. The Bertz CT molecular complexity index is 999. The molecule has 0 radical (unpaired) electrons. The van der Waals surface area contributed by atoms with Gasteiger partial charge in [-0.15, -0.1) is 0 Å². The maximum absolute atomic E-state index is 12.7. The molecule has 0 amide bonds. The van der Waals surface area contributed by atoms with Crippen molar-refractivity contribution in [1.29, 1.82) is 0 Å². The van der Waals surface area contributed by atoms with Gasteiger partial charge in [-0.2, -0.15) is 13.9 Å². The van der Waals surface area contributed by atoms with Crippen LogP contribution in [0.15, 0.2) is 18.3 Å². The number of fused-ring (bicyclic) bond motifs is 1. The lowest BCUT2D eigenvalue weighted by atomic mass is 10.00. The third kappa shape index (κ3) is 4.21. The molecular formula is C24H34F2N6O. The van der Waals surface area contributed by atoms with E-state index in [1.165, 1.54) is 24.6 Å². The van der Waals surface area contributed by atoms with Gasteiger partial charge in [-0.3, -0.25) is 9.58 Å². The van der Waals surface area contributed by atoms with Crippen molar-refractivity contribution in [2.45, 2.75) is 64.3 Å². The summed E-state index contributed by atoms with van der Waals surface area (Å²) in [6.45, 7) is 7.11. The maximum Gasteiger partial charge on any atom is 0.387 e. The Hall–Kier alpha value is -2.26. The molecule has 1 saturated heterocycles. The second kappa shape index (κ2) is 8.51. The molecule has 0 spiro atoms. The van der Waals surface area contributed by atoms with Crippen molar-refractivity contribution in [1.82, 2.24) is 24.6 Å². The number of nitrogens with zero attached hydrogens (tertiary/aromatic N) is 5. The lowest BCUT2D eigenvalue weighted by Gasteiger charge is -2.42. The van der Waals surface area contributed by atoms with Gasteiger partial charge in [0.1, 0.15) is 0 Å². The number of nitrogen functional groups attached to an aromatic ring is 1. The number of ether oxygens (including phenoxy) is 1. The SMILES string of the molecule is CC1CN(C)CCN1C1CC2C(C1)C2c1cc(-c2cnc(N)c(OC(F)F)c2)nn1C(C)C. The van der Waals surface area contributed by atoms with E-state index in [1.54, 1.807) is 6.20 Å². The lowest BCUT2D eigenvalue weighted by Crippen LogP contribution is -2.54. The zero-order valence-corrected chi connectivity index (χ0v) is 19.8. The Morgan fingerprint density at radius 1 is 1.15 bits per heavy atom. The first kappa shape index (κ1) is 22.5. The van der Waals surface area contributed by atoms with E-state index in [2.05, 4.69) is 58.1 Å². The first-order valence-corrected chi connectivity index (χ1v) is 12.0. The molecule has 3 heterocycles. The summed E-state index contributed by atoms with van der Waals surface area (Å²) in [5.41, 5.74) is 8.31. The average Bonchev–Trinajstić information content (AvgIpc) is 3.09. The van der Waals surface area contributed by atoms with Crippen LogP contribution in [0.3, 0.4) is 0 Å². The van der Waals surface area contributed by atoms with Crippen LogP contribution in [-0.2, 0) is 0 Å². The van der Waals surface area contributed by atoms with Gasteiger partial charge in [0.2, 0.25) is 0 Å². The Labute approximate surface area is 193 Å². The van der Waals surface area contributed by atoms with Gasteiger partial charge >= 0.3 is 6.61 Å². The molecule has 180 valence electrons. The van der Waals surface area contributed by atoms with Crippen molar-refractivity contribution in [2.24, 2.45) is 11.8 Å². The number of halogens is 2. The lowest BCUT2D eigenvalue weighted by molar-refractivity contribution is -0.0494. The number of likely N-dealkylation sites (N-methyl/N-ethyl adjacent to an activating group) is 1. The number of rotatable bonds is 6. The first-order chi connectivity index (χ1) is 15.7. The molecule has 33 heavy (non-hydrogen) atoms. The third-order valence-corrected chi connectivity index (χ3v) is 7.76. The Morgan fingerprint density at radius 3 is 2.52 bits per heavy atom. The summed E-state index contributed by atoms with van der Waals surface area (Å²) in [6, 6.07) is 5.12. The molecule has 2 N–H and O–H groups in total. The van der Waals surface area contributed by atoms with Gasteiger partial charge < -0.3 is 15.4 Å². The topological polar surface area (TPSA) is 72.4 Å². The number of pyridine rings is 1. The number of hydrogen-bond donors (Lipinski definition) is 1. The van der Waals surface area contributed by atoms with Crippen LogP contribution >= 0.6 is 0 Å². The highest BCUT2D eigenvalue weighted by atomic mass is 19.3. The van der Waals surface area contributed by atoms with Crippen LogP contribution in [0.4, 0.5) is 14.6 Å². The molecule has 3 atom stereocenters. The fraction of sp³-hybridized carbons (Fsp3) is 0.667. The number of piperazine rings is 1. The van der Waals surface area contributed by atoms with Gasteiger partial charge in [-0.1, -0.05) is 0 Å². The van der Waals surface area contributed by atoms with Gasteiger partial charge in [0.15, 0.2) is 11.6 Å². The Balaban J connectivity index is 1.34. The minimum absolute atomic E-state index is 0.0523. The van der Waals surface area contributed by atoms with Crippen molar-refractivity contribution < 1.29 is 13.5 Å². The van der Waals surface area contributed by atoms with E-state index in [-0.39, 0.29) is 17.6 Å². The molecule has 5 rings (SSSR count). The molecule has 3 aliphatic rings. The van der Waals surface area contributed by atoms with Crippen LogP contribution in [0.1, 0.15) is 51.3 Å². The summed E-state index contributed by atoms with van der Waals surface area (Å²) < 4.78 is 32.1. The van der Waals surface area contributed by atoms with Crippen molar-refractivity contribution >= 4 is 5.82 Å². The second-order valence-electron chi connectivity index (χ2n) is 10.3. The number of alkyl halides is 2. The van der Waals surface area contributed by atoms with E-state index in [0.717, 1.165) is 25.3 Å². The normalized spacial score (nSPS) is 30.2. The number of aromatic nitrogens is 3. The molecule has 2 aromatic heterocycles. The fourth-order valence-electron chi connectivity index (χ4n) is 6.22. The molecule has 0 bridgehead atoms. The minimum atomic E-state index is -2.95. The highest BCUT2D eigenvalue weighted by molar-refractivity contribution is 5.64. The summed E-state index contributed by atoms with van der Waals surface area (Å²) in [6.07, 6.45) is 4.07. The van der Waals surface area contributed by atoms with Crippen molar-refractivity contribution in [3.63, 3.8) is 0 Å². The monoisotopic (exact) mass is 460 g/mol. The zero-order chi connectivity index (χ0) is 23.4. The van der Waals surface area contributed by atoms with Crippen LogP contribution in [0.5, 0.6) is 5.75 Å². The van der Waals surface area contributed by atoms with Crippen LogP contribution in [0.25, 0.3) is 11.3 Å². The molecular weight excluding hydrogens is 426 g/mol. The maximum atomic E-state index is 12.7.